The summed E-state index contributed by atoms with van der Waals surface area (Å²) in [5.41, 5.74) is 0.539. The minimum atomic E-state index is -4.43. The third-order valence-electron chi connectivity index (χ3n) is 3.72. The van der Waals surface area contributed by atoms with Crippen LogP contribution in [0.3, 0.4) is 0 Å². The summed E-state index contributed by atoms with van der Waals surface area (Å²) < 4.78 is 61.1. The maximum Gasteiger partial charge on any atom is 0.416 e. The lowest BCUT2D eigenvalue weighted by atomic mass is 10.1. The summed E-state index contributed by atoms with van der Waals surface area (Å²) in [7, 11) is -1.12. The van der Waals surface area contributed by atoms with Crippen molar-refractivity contribution in [1.82, 2.24) is 5.32 Å². The van der Waals surface area contributed by atoms with Crippen LogP contribution < -0.4 is 5.32 Å². The fourth-order valence-corrected chi connectivity index (χ4v) is 3.79. The van der Waals surface area contributed by atoms with Crippen molar-refractivity contribution in [2.75, 3.05) is 14.2 Å². The van der Waals surface area contributed by atoms with Crippen LogP contribution >= 0.6 is 7.60 Å². The van der Waals surface area contributed by atoms with Gasteiger partial charge in [0.2, 0.25) is 0 Å². The van der Waals surface area contributed by atoms with E-state index in [2.05, 4.69) is 5.32 Å². The zero-order chi connectivity index (χ0) is 18.5. The molecule has 0 heterocycles. The Morgan fingerprint density at radius 2 is 1.56 bits per heavy atom. The van der Waals surface area contributed by atoms with E-state index in [1.54, 1.807) is 0 Å². The minimum Gasteiger partial charge on any atom is -0.311 e. The van der Waals surface area contributed by atoms with Crippen molar-refractivity contribution in [1.29, 1.82) is 0 Å². The zero-order valence-electron chi connectivity index (χ0n) is 13.8. The predicted molar refractivity (Wildman–Crippen MR) is 89.1 cm³/mol. The number of rotatable bonds is 7. The van der Waals surface area contributed by atoms with Crippen LogP contribution in [0.2, 0.25) is 0 Å². The van der Waals surface area contributed by atoms with Gasteiger partial charge in [0.25, 0.3) is 0 Å². The summed E-state index contributed by atoms with van der Waals surface area (Å²) in [5.74, 6) is -0.898. The van der Waals surface area contributed by atoms with Gasteiger partial charge < -0.3 is 9.05 Å². The number of halogens is 3. The van der Waals surface area contributed by atoms with Crippen molar-refractivity contribution in [2.45, 2.75) is 18.5 Å². The van der Waals surface area contributed by atoms with Crippen LogP contribution in [0.15, 0.2) is 54.6 Å². The maximum absolute atomic E-state index is 12.8. The van der Waals surface area contributed by atoms with E-state index >= 15 is 0 Å². The molecule has 1 N–H and O–H groups in total. The normalized spacial score (nSPS) is 13.6. The number of alkyl halides is 3. The molecule has 0 fully saturated rings. The molecule has 0 aromatic heterocycles. The SMILES string of the molecule is COP(=O)(OC)C(NCc1ccccc1)c1ccc(C(F)(F)F)cc1. The van der Waals surface area contributed by atoms with Crippen LogP contribution in [0.1, 0.15) is 22.5 Å². The summed E-state index contributed by atoms with van der Waals surface area (Å²) in [6, 6.07) is 13.8. The summed E-state index contributed by atoms with van der Waals surface area (Å²) in [6.07, 6.45) is -4.43. The number of benzene rings is 2. The molecule has 0 amide bonds. The number of nitrogens with one attached hydrogen (secondary N) is 1. The fourth-order valence-electron chi connectivity index (χ4n) is 2.36. The lowest BCUT2D eigenvalue weighted by Gasteiger charge is -2.26. The molecule has 136 valence electrons. The monoisotopic (exact) mass is 373 g/mol. The van der Waals surface area contributed by atoms with Crippen LogP contribution in [0, 0.1) is 0 Å². The highest BCUT2D eigenvalue weighted by Crippen LogP contribution is 2.58. The molecule has 0 saturated heterocycles. The summed E-state index contributed by atoms with van der Waals surface area (Å²) in [4.78, 5) is 0. The third kappa shape index (κ3) is 4.92. The quantitative estimate of drug-likeness (QED) is 0.696. The van der Waals surface area contributed by atoms with Crippen LogP contribution in [-0.2, 0) is 26.3 Å². The Bertz CT molecular complexity index is 712. The second-order valence-electron chi connectivity index (χ2n) is 5.29. The van der Waals surface area contributed by atoms with E-state index in [-0.39, 0.29) is 0 Å². The molecule has 0 aliphatic heterocycles. The molecule has 0 spiro atoms. The van der Waals surface area contributed by atoms with E-state index in [4.69, 9.17) is 9.05 Å². The van der Waals surface area contributed by atoms with Crippen LogP contribution in [0.5, 0.6) is 0 Å². The molecule has 1 atom stereocenters. The van der Waals surface area contributed by atoms with Gasteiger partial charge in [0, 0.05) is 20.8 Å². The van der Waals surface area contributed by atoms with Gasteiger partial charge in [-0.1, -0.05) is 42.5 Å². The van der Waals surface area contributed by atoms with Crippen molar-refractivity contribution in [3.63, 3.8) is 0 Å². The molecule has 2 rings (SSSR count). The molecule has 4 nitrogen and oxygen atoms in total. The molecule has 0 saturated carbocycles. The third-order valence-corrected chi connectivity index (χ3v) is 5.85. The van der Waals surface area contributed by atoms with E-state index in [0.29, 0.717) is 12.1 Å². The van der Waals surface area contributed by atoms with E-state index in [1.807, 2.05) is 30.3 Å². The molecule has 0 radical (unpaired) electrons. The van der Waals surface area contributed by atoms with Gasteiger partial charge in [0.1, 0.15) is 5.78 Å². The van der Waals surface area contributed by atoms with Crippen molar-refractivity contribution in [3.05, 3.63) is 71.3 Å². The van der Waals surface area contributed by atoms with Gasteiger partial charge in [-0.25, -0.2) is 0 Å². The van der Waals surface area contributed by atoms with Gasteiger partial charge in [0.05, 0.1) is 5.56 Å². The number of hydrogen-bond acceptors (Lipinski definition) is 4. The molecular weight excluding hydrogens is 354 g/mol. The Balaban J connectivity index is 2.29. The van der Waals surface area contributed by atoms with Crippen LogP contribution in [0.25, 0.3) is 0 Å². The molecule has 8 heteroatoms. The molecular formula is C17H19F3NO3P. The second-order valence-corrected chi connectivity index (χ2v) is 7.62. The van der Waals surface area contributed by atoms with Crippen LogP contribution in [-0.4, -0.2) is 14.2 Å². The smallest absolute Gasteiger partial charge is 0.311 e. The lowest BCUT2D eigenvalue weighted by molar-refractivity contribution is -0.137. The van der Waals surface area contributed by atoms with E-state index in [9.17, 15) is 17.7 Å². The molecule has 2 aromatic rings. The summed E-state index contributed by atoms with van der Waals surface area (Å²) in [6.45, 7) is 0.350. The second kappa shape index (κ2) is 8.15. The molecule has 1 unspecified atom stereocenters. The largest absolute Gasteiger partial charge is 0.416 e. The van der Waals surface area contributed by atoms with Gasteiger partial charge in [-0.3, -0.25) is 9.88 Å². The van der Waals surface area contributed by atoms with Crippen molar-refractivity contribution in [3.8, 4) is 0 Å². The number of hydrogen-bond donors (Lipinski definition) is 1. The standard InChI is InChI=1S/C17H19F3NO3P/c1-23-25(22,24-2)16(21-12-13-6-4-3-5-7-13)14-8-10-15(11-9-14)17(18,19)20/h3-11,16,21H,12H2,1-2H3. The van der Waals surface area contributed by atoms with Gasteiger partial charge in [-0.2, -0.15) is 13.2 Å². The molecule has 25 heavy (non-hydrogen) atoms. The Hall–Kier alpha value is -1.66. The summed E-state index contributed by atoms with van der Waals surface area (Å²) >= 11 is 0. The summed E-state index contributed by atoms with van der Waals surface area (Å²) in [5, 5.41) is 3.06. The molecule has 0 aliphatic rings. The average Bonchev–Trinajstić information content (AvgIpc) is 2.62. The van der Waals surface area contributed by atoms with Gasteiger partial charge >= 0.3 is 13.8 Å². The fraction of sp³-hybridized carbons (Fsp3) is 0.294. The average molecular weight is 373 g/mol. The van der Waals surface area contributed by atoms with Crippen molar-refractivity contribution in [2.24, 2.45) is 0 Å². The van der Waals surface area contributed by atoms with Gasteiger partial charge in [0.15, 0.2) is 0 Å². The zero-order valence-corrected chi connectivity index (χ0v) is 14.7. The maximum atomic E-state index is 12.8. The Morgan fingerprint density at radius 1 is 1.00 bits per heavy atom. The molecule has 0 aliphatic carbocycles. The van der Waals surface area contributed by atoms with Crippen LogP contribution in [0.4, 0.5) is 13.2 Å². The molecule has 0 bridgehead atoms. The van der Waals surface area contributed by atoms with E-state index in [0.717, 1.165) is 17.7 Å². The van der Waals surface area contributed by atoms with Crippen molar-refractivity contribution < 1.29 is 26.8 Å². The van der Waals surface area contributed by atoms with Crippen molar-refractivity contribution >= 4 is 7.60 Å². The first kappa shape index (κ1) is 19.7. The lowest BCUT2D eigenvalue weighted by Crippen LogP contribution is -2.22. The highest BCUT2D eigenvalue weighted by atomic mass is 31.2. The Kier molecular flexibility index (Phi) is 6.41. The first-order valence-corrected chi connectivity index (χ1v) is 9.07. The van der Waals surface area contributed by atoms with E-state index in [1.165, 1.54) is 26.4 Å². The Labute approximate surface area is 144 Å². The highest BCUT2D eigenvalue weighted by molar-refractivity contribution is 7.54. The first-order chi connectivity index (χ1) is 11.8. The van der Waals surface area contributed by atoms with E-state index < -0.39 is 25.1 Å². The van der Waals surface area contributed by atoms with Gasteiger partial charge in [-0.05, 0) is 23.3 Å². The topological polar surface area (TPSA) is 47.6 Å². The minimum absolute atomic E-state index is 0.350. The van der Waals surface area contributed by atoms with Gasteiger partial charge in [-0.15, -0.1) is 0 Å². The first-order valence-electron chi connectivity index (χ1n) is 7.46. The Morgan fingerprint density at radius 3 is 2.04 bits per heavy atom. The predicted octanol–water partition coefficient (Wildman–Crippen LogP) is 4.98. The molecule has 2 aromatic carbocycles. The highest BCUT2D eigenvalue weighted by Gasteiger charge is 2.36.